The van der Waals surface area contributed by atoms with Gasteiger partial charge in [-0.3, -0.25) is 0 Å². The first kappa shape index (κ1) is 21.4. The van der Waals surface area contributed by atoms with Gasteiger partial charge in [0.05, 0.1) is 15.8 Å². The van der Waals surface area contributed by atoms with Gasteiger partial charge in [-0.25, -0.2) is 14.2 Å². The first-order chi connectivity index (χ1) is 15.9. The maximum absolute atomic E-state index is 13.4. The molecule has 0 aliphatic carbocycles. The maximum atomic E-state index is 13.4. The van der Waals surface area contributed by atoms with Crippen LogP contribution in [-0.4, -0.2) is 27.5 Å². The van der Waals surface area contributed by atoms with Crippen molar-refractivity contribution in [3.8, 4) is 11.5 Å². The molecule has 0 fully saturated rings. The summed E-state index contributed by atoms with van der Waals surface area (Å²) < 4.78 is 25.9. The lowest BCUT2D eigenvalue weighted by atomic mass is 9.89. The summed E-state index contributed by atoms with van der Waals surface area (Å²) >= 11 is 1.46. The van der Waals surface area contributed by atoms with Crippen molar-refractivity contribution in [3.63, 3.8) is 0 Å². The van der Waals surface area contributed by atoms with Crippen LogP contribution in [0.5, 0.6) is 11.5 Å². The van der Waals surface area contributed by atoms with Gasteiger partial charge in [-0.1, -0.05) is 12.1 Å². The van der Waals surface area contributed by atoms with E-state index in [0.717, 1.165) is 20.8 Å². The van der Waals surface area contributed by atoms with E-state index < -0.39 is 12.3 Å². The van der Waals surface area contributed by atoms with Gasteiger partial charge in [0.2, 0.25) is 6.29 Å². The molecular weight excluding hydrogens is 445 g/mol. The average Bonchev–Trinajstić information content (AvgIpc) is 3.20. The van der Waals surface area contributed by atoms with Gasteiger partial charge in [-0.15, -0.1) is 11.3 Å². The molecule has 5 rings (SSSR count). The molecule has 6 nitrogen and oxygen atoms in total. The van der Waals surface area contributed by atoms with Crippen molar-refractivity contribution < 1.29 is 28.9 Å². The molecule has 8 heteroatoms. The number of fused-ring (bicyclic) bond motifs is 2. The second-order valence-corrected chi connectivity index (χ2v) is 9.08. The highest BCUT2D eigenvalue weighted by Gasteiger charge is 2.29. The van der Waals surface area contributed by atoms with Crippen molar-refractivity contribution >= 4 is 27.5 Å². The lowest BCUT2D eigenvalue weighted by molar-refractivity contribution is -0.0726. The highest BCUT2D eigenvalue weighted by atomic mass is 32.1. The van der Waals surface area contributed by atoms with Crippen LogP contribution in [0.1, 0.15) is 26.5 Å². The van der Waals surface area contributed by atoms with Crippen LogP contribution in [0, 0.1) is 11.7 Å². The molecule has 2 unspecified atom stereocenters. The number of hydrogen-bond donors (Lipinski definition) is 2. The Kier molecular flexibility index (Phi) is 5.70. The second-order valence-electron chi connectivity index (χ2n) is 7.96. The van der Waals surface area contributed by atoms with Crippen molar-refractivity contribution in [2.24, 2.45) is 5.92 Å². The van der Waals surface area contributed by atoms with Crippen molar-refractivity contribution in [1.82, 2.24) is 4.98 Å². The van der Waals surface area contributed by atoms with E-state index in [2.05, 4.69) is 4.98 Å². The molecule has 2 N–H and O–H groups in total. The number of carbonyl (C=O) groups is 1. The van der Waals surface area contributed by atoms with Crippen LogP contribution in [-0.2, 0) is 19.4 Å². The number of hydrogen-bond acceptors (Lipinski definition) is 6. The van der Waals surface area contributed by atoms with E-state index in [1.165, 1.54) is 23.5 Å². The quantitative estimate of drug-likeness (QED) is 0.424. The Morgan fingerprint density at radius 1 is 1.18 bits per heavy atom. The smallest absolute Gasteiger partial charge is 0.335 e. The largest absolute Gasteiger partial charge is 0.486 e. The summed E-state index contributed by atoms with van der Waals surface area (Å²) in [5, 5.41) is 20.4. The van der Waals surface area contributed by atoms with Crippen molar-refractivity contribution in [2.75, 3.05) is 0 Å². The van der Waals surface area contributed by atoms with Gasteiger partial charge < -0.3 is 19.7 Å². The van der Waals surface area contributed by atoms with Crippen LogP contribution in [0.3, 0.4) is 0 Å². The second kappa shape index (κ2) is 8.80. The predicted molar refractivity (Wildman–Crippen MR) is 121 cm³/mol. The van der Waals surface area contributed by atoms with E-state index in [1.54, 1.807) is 36.4 Å². The first-order valence-corrected chi connectivity index (χ1v) is 11.2. The molecule has 2 atom stereocenters. The predicted octanol–water partition coefficient (Wildman–Crippen LogP) is 4.82. The number of ether oxygens (including phenoxy) is 2. The van der Waals surface area contributed by atoms with Gasteiger partial charge in [0.1, 0.15) is 28.9 Å². The normalized spacial score (nSPS) is 17.4. The lowest BCUT2D eigenvalue weighted by Crippen LogP contribution is -2.34. The zero-order valence-electron chi connectivity index (χ0n) is 17.4. The summed E-state index contributed by atoms with van der Waals surface area (Å²) in [4.78, 5) is 15.7. The molecule has 2 heterocycles. The number of carboxylic acids is 1. The minimum absolute atomic E-state index is 0.215. The van der Waals surface area contributed by atoms with Crippen molar-refractivity contribution in [2.45, 2.75) is 25.7 Å². The molecular formula is C25H20FNO5S. The van der Waals surface area contributed by atoms with Crippen LogP contribution >= 0.6 is 11.3 Å². The van der Waals surface area contributed by atoms with E-state index in [1.807, 2.05) is 12.1 Å². The Hall–Kier alpha value is -3.49. The van der Waals surface area contributed by atoms with Gasteiger partial charge in [0.15, 0.2) is 0 Å². The Balaban J connectivity index is 1.29. The zero-order valence-corrected chi connectivity index (χ0v) is 18.2. The summed E-state index contributed by atoms with van der Waals surface area (Å²) in [6.45, 7) is 0.259. The molecule has 4 aromatic rings. The van der Waals surface area contributed by atoms with E-state index in [4.69, 9.17) is 9.47 Å². The summed E-state index contributed by atoms with van der Waals surface area (Å²) in [5.41, 5.74) is 2.56. The number of aliphatic hydroxyl groups is 1. The molecule has 3 aromatic carbocycles. The fourth-order valence-electron chi connectivity index (χ4n) is 3.99. The Morgan fingerprint density at radius 2 is 2.06 bits per heavy atom. The molecule has 33 heavy (non-hydrogen) atoms. The average molecular weight is 466 g/mol. The Labute approximate surface area is 192 Å². The van der Waals surface area contributed by atoms with E-state index in [9.17, 15) is 19.4 Å². The van der Waals surface area contributed by atoms with E-state index >= 15 is 0 Å². The van der Waals surface area contributed by atoms with Gasteiger partial charge in [0, 0.05) is 12.0 Å². The first-order valence-electron chi connectivity index (χ1n) is 10.4. The molecule has 0 spiro atoms. The van der Waals surface area contributed by atoms with Gasteiger partial charge >= 0.3 is 5.97 Å². The Morgan fingerprint density at radius 3 is 2.91 bits per heavy atom. The fourth-order valence-corrected chi connectivity index (χ4v) is 4.85. The van der Waals surface area contributed by atoms with Crippen LogP contribution < -0.4 is 9.47 Å². The molecule has 1 aliphatic rings. The van der Waals surface area contributed by atoms with Crippen molar-refractivity contribution in [1.29, 1.82) is 0 Å². The SMILES string of the molecule is O=C(O)c1cccc(CC2Cc3cc(OCc4nc5cc(F)ccc5s4)ccc3OC2O)c1. The highest BCUT2D eigenvalue weighted by molar-refractivity contribution is 7.18. The zero-order chi connectivity index (χ0) is 22.9. The fraction of sp³-hybridized carbons (Fsp3) is 0.200. The molecule has 0 saturated carbocycles. The number of carboxylic acid groups (broad SMARTS) is 1. The molecule has 0 saturated heterocycles. The number of halogens is 1. The highest BCUT2D eigenvalue weighted by Crippen LogP contribution is 2.35. The molecule has 1 aromatic heterocycles. The number of rotatable bonds is 6. The summed E-state index contributed by atoms with van der Waals surface area (Å²) in [6, 6.07) is 16.7. The number of aromatic nitrogens is 1. The minimum atomic E-state index is -0.985. The molecule has 0 amide bonds. The van der Waals surface area contributed by atoms with E-state index in [0.29, 0.717) is 29.9 Å². The van der Waals surface area contributed by atoms with Gasteiger partial charge in [-0.2, -0.15) is 0 Å². The third-order valence-corrected chi connectivity index (χ3v) is 6.60. The number of thiazole rings is 1. The number of nitrogens with zero attached hydrogens (tertiary/aromatic N) is 1. The van der Waals surface area contributed by atoms with Crippen LogP contribution in [0.2, 0.25) is 0 Å². The topological polar surface area (TPSA) is 88.9 Å². The summed E-state index contributed by atoms with van der Waals surface area (Å²) in [5.74, 6) is -0.285. The van der Waals surface area contributed by atoms with Crippen LogP contribution in [0.25, 0.3) is 10.2 Å². The third-order valence-electron chi connectivity index (χ3n) is 5.59. The summed E-state index contributed by atoms with van der Waals surface area (Å²) in [7, 11) is 0. The van der Waals surface area contributed by atoms with Crippen LogP contribution in [0.4, 0.5) is 4.39 Å². The van der Waals surface area contributed by atoms with Crippen molar-refractivity contribution in [3.05, 3.63) is 88.2 Å². The molecule has 168 valence electrons. The lowest BCUT2D eigenvalue weighted by Gasteiger charge is -2.30. The molecule has 1 aliphatic heterocycles. The molecule has 0 radical (unpaired) electrons. The third kappa shape index (κ3) is 4.67. The number of aromatic carboxylic acids is 1. The summed E-state index contributed by atoms with van der Waals surface area (Å²) in [6.07, 6.45) is 0.0569. The van der Waals surface area contributed by atoms with E-state index in [-0.39, 0.29) is 23.9 Å². The molecule has 0 bridgehead atoms. The van der Waals surface area contributed by atoms with Gasteiger partial charge in [0.25, 0.3) is 0 Å². The minimum Gasteiger partial charge on any atom is -0.486 e. The maximum Gasteiger partial charge on any atom is 0.335 e. The van der Waals surface area contributed by atoms with Gasteiger partial charge in [-0.05, 0) is 66.4 Å². The standard InChI is InChI=1S/C25H20FNO5S/c26-18-4-7-22-20(12-18)27-23(33-22)13-31-19-5-6-21-16(11-19)10-17(25(30)32-21)9-14-2-1-3-15(8-14)24(28)29/h1-8,11-12,17,25,30H,9-10,13H2,(H,28,29). The number of aliphatic hydroxyl groups excluding tert-OH is 1. The van der Waals surface area contributed by atoms with Crippen LogP contribution in [0.15, 0.2) is 60.7 Å². The number of benzene rings is 3. The Bertz CT molecular complexity index is 1340. The monoisotopic (exact) mass is 465 g/mol.